The molecule has 22 heavy (non-hydrogen) atoms. The molecule has 3 heteroatoms. The summed E-state index contributed by atoms with van der Waals surface area (Å²) in [6.07, 6.45) is 3.04. The number of ether oxygens (including phenoxy) is 2. The molecular formula is C19H20O3. The predicted octanol–water partition coefficient (Wildman–Crippen LogP) is 4.23. The van der Waals surface area contributed by atoms with E-state index in [0.29, 0.717) is 6.61 Å². The molecule has 0 aliphatic heterocycles. The van der Waals surface area contributed by atoms with Gasteiger partial charge in [-0.2, -0.15) is 0 Å². The van der Waals surface area contributed by atoms with Crippen molar-refractivity contribution in [3.63, 3.8) is 0 Å². The lowest BCUT2D eigenvalue weighted by atomic mass is 10.2. The molecule has 0 saturated carbocycles. The lowest BCUT2D eigenvalue weighted by Gasteiger charge is -2.07. The van der Waals surface area contributed by atoms with Crippen LogP contribution in [0.15, 0.2) is 60.7 Å². The maximum Gasteiger partial charge on any atom is 0.331 e. The van der Waals surface area contributed by atoms with Crippen LogP contribution in [-0.4, -0.2) is 12.1 Å². The highest BCUT2D eigenvalue weighted by Crippen LogP contribution is 2.16. The van der Waals surface area contributed by atoms with Crippen LogP contribution in [0.3, 0.4) is 0 Å². The molecule has 0 aliphatic carbocycles. The van der Waals surface area contributed by atoms with E-state index >= 15 is 0 Å². The van der Waals surface area contributed by atoms with Crippen molar-refractivity contribution in [3.8, 4) is 5.75 Å². The number of hydrogen-bond donors (Lipinski definition) is 0. The summed E-state index contributed by atoms with van der Waals surface area (Å²) < 4.78 is 10.8. The van der Waals surface area contributed by atoms with Crippen molar-refractivity contribution in [2.24, 2.45) is 0 Å². The van der Waals surface area contributed by atoms with Crippen LogP contribution in [0.1, 0.15) is 25.0 Å². The molecule has 2 aromatic carbocycles. The Morgan fingerprint density at radius 3 is 2.59 bits per heavy atom. The maximum atomic E-state index is 11.5. The molecule has 0 saturated heterocycles. The van der Waals surface area contributed by atoms with Gasteiger partial charge in [0.05, 0.1) is 6.10 Å². The third-order valence-electron chi connectivity index (χ3n) is 2.87. The lowest BCUT2D eigenvalue weighted by Crippen LogP contribution is -2.08. The van der Waals surface area contributed by atoms with Gasteiger partial charge in [0.2, 0.25) is 0 Å². The second-order valence-corrected chi connectivity index (χ2v) is 5.17. The first-order valence-corrected chi connectivity index (χ1v) is 7.29. The van der Waals surface area contributed by atoms with E-state index in [2.05, 4.69) is 0 Å². The normalized spacial score (nSPS) is 10.9. The maximum absolute atomic E-state index is 11.5. The summed E-state index contributed by atoms with van der Waals surface area (Å²) >= 11 is 0. The van der Waals surface area contributed by atoms with Gasteiger partial charge in [-0.05, 0) is 43.2 Å². The van der Waals surface area contributed by atoms with Crippen LogP contribution >= 0.6 is 0 Å². The van der Waals surface area contributed by atoms with Crippen LogP contribution in [0.4, 0.5) is 0 Å². The van der Waals surface area contributed by atoms with Gasteiger partial charge in [0, 0.05) is 6.08 Å². The molecule has 0 spiro atoms. The van der Waals surface area contributed by atoms with E-state index < -0.39 is 0 Å². The highest BCUT2D eigenvalue weighted by Gasteiger charge is 2.01. The molecule has 0 unspecified atom stereocenters. The first kappa shape index (κ1) is 15.8. The molecule has 0 bridgehead atoms. The van der Waals surface area contributed by atoms with Gasteiger partial charge in [0.1, 0.15) is 12.4 Å². The van der Waals surface area contributed by atoms with E-state index in [1.165, 1.54) is 6.08 Å². The standard InChI is InChI=1S/C19H20O3/c1-15(2)22-19(20)12-11-16-9-6-10-18(13-16)21-14-17-7-4-3-5-8-17/h3-13,15H,14H2,1-2H3/b12-11+. The van der Waals surface area contributed by atoms with Crippen LogP contribution in [0.5, 0.6) is 5.75 Å². The van der Waals surface area contributed by atoms with E-state index in [9.17, 15) is 4.79 Å². The Labute approximate surface area is 131 Å². The molecule has 2 aromatic rings. The van der Waals surface area contributed by atoms with E-state index in [-0.39, 0.29) is 12.1 Å². The number of esters is 1. The minimum absolute atomic E-state index is 0.113. The summed E-state index contributed by atoms with van der Waals surface area (Å²) in [6.45, 7) is 4.16. The summed E-state index contributed by atoms with van der Waals surface area (Å²) in [5.74, 6) is 0.425. The number of carbonyl (C=O) groups excluding carboxylic acids is 1. The third-order valence-corrected chi connectivity index (χ3v) is 2.87. The fraction of sp³-hybridized carbons (Fsp3) is 0.211. The van der Waals surface area contributed by atoms with Gasteiger partial charge in [-0.15, -0.1) is 0 Å². The average molecular weight is 296 g/mol. The molecule has 0 amide bonds. The zero-order chi connectivity index (χ0) is 15.8. The van der Waals surface area contributed by atoms with Gasteiger partial charge in [0.15, 0.2) is 0 Å². The predicted molar refractivity (Wildman–Crippen MR) is 87.5 cm³/mol. The van der Waals surface area contributed by atoms with Gasteiger partial charge in [-0.1, -0.05) is 42.5 Å². The molecule has 0 aromatic heterocycles. The SMILES string of the molecule is CC(C)OC(=O)/C=C/c1cccc(OCc2ccccc2)c1. The van der Waals surface area contributed by atoms with Crippen molar-refractivity contribution >= 4 is 12.0 Å². The Kier molecular flexibility index (Phi) is 5.78. The summed E-state index contributed by atoms with van der Waals surface area (Å²) in [5, 5.41) is 0. The fourth-order valence-corrected chi connectivity index (χ4v) is 1.88. The van der Waals surface area contributed by atoms with E-state index in [1.54, 1.807) is 6.08 Å². The van der Waals surface area contributed by atoms with E-state index in [4.69, 9.17) is 9.47 Å². The Bertz CT molecular complexity index is 630. The molecule has 2 rings (SSSR count). The Morgan fingerprint density at radius 1 is 1.09 bits per heavy atom. The molecule has 3 nitrogen and oxygen atoms in total. The van der Waals surface area contributed by atoms with Gasteiger partial charge in [-0.3, -0.25) is 0 Å². The molecular weight excluding hydrogens is 276 g/mol. The Balaban J connectivity index is 1.95. The number of carbonyl (C=O) groups is 1. The fourth-order valence-electron chi connectivity index (χ4n) is 1.88. The number of hydrogen-bond acceptors (Lipinski definition) is 3. The Hall–Kier alpha value is -2.55. The molecule has 0 aliphatic rings. The largest absolute Gasteiger partial charge is 0.489 e. The second kappa shape index (κ2) is 8.03. The first-order chi connectivity index (χ1) is 10.6. The van der Waals surface area contributed by atoms with Crippen molar-refractivity contribution in [2.45, 2.75) is 26.6 Å². The van der Waals surface area contributed by atoms with Crippen LogP contribution < -0.4 is 4.74 Å². The van der Waals surface area contributed by atoms with Crippen LogP contribution in [0.25, 0.3) is 6.08 Å². The summed E-state index contributed by atoms with van der Waals surface area (Å²) in [5.41, 5.74) is 2.01. The first-order valence-electron chi connectivity index (χ1n) is 7.29. The molecule has 0 N–H and O–H groups in total. The molecule has 0 atom stereocenters. The van der Waals surface area contributed by atoms with Gasteiger partial charge >= 0.3 is 5.97 Å². The highest BCUT2D eigenvalue weighted by atomic mass is 16.5. The number of benzene rings is 2. The monoisotopic (exact) mass is 296 g/mol. The van der Waals surface area contributed by atoms with Crippen LogP contribution in [0.2, 0.25) is 0 Å². The van der Waals surface area contributed by atoms with Crippen LogP contribution in [-0.2, 0) is 16.1 Å². The smallest absolute Gasteiger partial charge is 0.331 e. The quantitative estimate of drug-likeness (QED) is 0.591. The van der Waals surface area contributed by atoms with Gasteiger partial charge in [0.25, 0.3) is 0 Å². The van der Waals surface area contributed by atoms with Crippen molar-refractivity contribution in [1.82, 2.24) is 0 Å². The van der Waals surface area contributed by atoms with Crippen molar-refractivity contribution < 1.29 is 14.3 Å². The summed E-state index contributed by atoms with van der Waals surface area (Å²) in [6, 6.07) is 17.6. The second-order valence-electron chi connectivity index (χ2n) is 5.17. The van der Waals surface area contributed by atoms with Gasteiger partial charge < -0.3 is 9.47 Å². The molecule has 0 fully saturated rings. The molecule has 0 radical (unpaired) electrons. The van der Waals surface area contributed by atoms with E-state index in [1.807, 2.05) is 68.4 Å². The summed E-state index contributed by atoms with van der Waals surface area (Å²) in [7, 11) is 0. The molecule has 0 heterocycles. The number of rotatable bonds is 6. The highest BCUT2D eigenvalue weighted by molar-refractivity contribution is 5.87. The zero-order valence-electron chi connectivity index (χ0n) is 12.9. The van der Waals surface area contributed by atoms with Crippen molar-refractivity contribution in [3.05, 3.63) is 71.8 Å². The lowest BCUT2D eigenvalue weighted by molar-refractivity contribution is -0.141. The summed E-state index contributed by atoms with van der Waals surface area (Å²) in [4.78, 5) is 11.5. The molecule has 114 valence electrons. The van der Waals surface area contributed by atoms with Crippen molar-refractivity contribution in [1.29, 1.82) is 0 Å². The average Bonchev–Trinajstić information content (AvgIpc) is 2.52. The zero-order valence-corrected chi connectivity index (χ0v) is 12.9. The van der Waals surface area contributed by atoms with Crippen molar-refractivity contribution in [2.75, 3.05) is 0 Å². The minimum atomic E-state index is -0.342. The Morgan fingerprint density at radius 2 is 1.86 bits per heavy atom. The van der Waals surface area contributed by atoms with Gasteiger partial charge in [-0.25, -0.2) is 4.79 Å². The van der Waals surface area contributed by atoms with E-state index in [0.717, 1.165) is 16.9 Å². The topological polar surface area (TPSA) is 35.5 Å². The van der Waals surface area contributed by atoms with Crippen LogP contribution in [0, 0.1) is 0 Å². The minimum Gasteiger partial charge on any atom is -0.489 e. The third kappa shape index (κ3) is 5.44.